The van der Waals surface area contributed by atoms with Gasteiger partial charge in [-0.05, 0) is 18.9 Å². The van der Waals surface area contributed by atoms with E-state index in [1.54, 1.807) is 0 Å². The Morgan fingerprint density at radius 2 is 1.68 bits per heavy atom. The molecule has 1 saturated heterocycles. The standard InChI is InChI=1S/C14H14F5NO2/c15-10-6-2-1-5-9(10)11(21)13(16,17)14(18,19)12(22)20-7-3-4-8-20/h1-2,5-6,11,21H,3-4,7-8H2. The monoisotopic (exact) mass is 323 g/mol. The lowest BCUT2D eigenvalue weighted by molar-refractivity contribution is -0.252. The zero-order chi connectivity index (χ0) is 16.5. The average Bonchev–Trinajstić information content (AvgIpc) is 3.00. The van der Waals surface area contributed by atoms with E-state index in [4.69, 9.17) is 0 Å². The van der Waals surface area contributed by atoms with Crippen molar-refractivity contribution in [3.63, 3.8) is 0 Å². The first-order valence-electron chi connectivity index (χ1n) is 6.67. The summed E-state index contributed by atoms with van der Waals surface area (Å²) in [7, 11) is 0. The molecule has 1 aliphatic rings. The predicted octanol–water partition coefficient (Wildman–Crippen LogP) is 2.75. The van der Waals surface area contributed by atoms with Crippen molar-refractivity contribution in [1.29, 1.82) is 0 Å². The van der Waals surface area contributed by atoms with Crippen molar-refractivity contribution in [2.45, 2.75) is 30.8 Å². The lowest BCUT2D eigenvalue weighted by Gasteiger charge is -2.32. The van der Waals surface area contributed by atoms with E-state index in [-0.39, 0.29) is 13.1 Å². The molecule has 1 unspecified atom stereocenters. The Hall–Kier alpha value is -1.70. The van der Waals surface area contributed by atoms with Gasteiger partial charge in [0, 0.05) is 18.7 Å². The molecule has 0 radical (unpaired) electrons. The Labute approximate surface area is 123 Å². The number of halogens is 5. The third-order valence-electron chi connectivity index (χ3n) is 3.62. The highest BCUT2D eigenvalue weighted by atomic mass is 19.3. The number of hydrogen-bond acceptors (Lipinski definition) is 2. The van der Waals surface area contributed by atoms with Crippen LogP contribution >= 0.6 is 0 Å². The number of aliphatic hydroxyl groups is 1. The summed E-state index contributed by atoms with van der Waals surface area (Å²) in [6.07, 6.45) is -2.23. The molecule has 0 saturated carbocycles. The Kier molecular flexibility index (Phi) is 4.42. The lowest BCUT2D eigenvalue weighted by Crippen LogP contribution is -2.55. The fourth-order valence-electron chi connectivity index (χ4n) is 2.33. The molecule has 0 aliphatic carbocycles. The molecule has 1 amide bonds. The number of amides is 1. The molecule has 1 aromatic rings. The first kappa shape index (κ1) is 16.7. The first-order valence-corrected chi connectivity index (χ1v) is 6.67. The zero-order valence-corrected chi connectivity index (χ0v) is 11.4. The molecule has 1 atom stereocenters. The van der Waals surface area contributed by atoms with Gasteiger partial charge in [0.15, 0.2) is 6.10 Å². The summed E-state index contributed by atoms with van der Waals surface area (Å²) in [6, 6.07) is 3.81. The average molecular weight is 323 g/mol. The Bertz CT molecular complexity index is 558. The minimum atomic E-state index is -5.13. The number of carbonyl (C=O) groups is 1. The molecule has 0 bridgehead atoms. The van der Waals surface area contributed by atoms with Crippen LogP contribution in [0.2, 0.25) is 0 Å². The number of rotatable bonds is 4. The summed E-state index contributed by atoms with van der Waals surface area (Å²) in [5.41, 5.74) is -0.985. The fourth-order valence-corrected chi connectivity index (χ4v) is 2.33. The van der Waals surface area contributed by atoms with Gasteiger partial charge < -0.3 is 10.0 Å². The summed E-state index contributed by atoms with van der Waals surface area (Å²) in [5.74, 6) is -13.6. The van der Waals surface area contributed by atoms with Crippen molar-refractivity contribution in [2.75, 3.05) is 13.1 Å². The van der Waals surface area contributed by atoms with Crippen molar-refractivity contribution in [2.24, 2.45) is 0 Å². The van der Waals surface area contributed by atoms with Crippen LogP contribution in [0.15, 0.2) is 24.3 Å². The molecule has 1 fully saturated rings. The number of hydrogen-bond donors (Lipinski definition) is 1. The highest BCUT2D eigenvalue weighted by molar-refractivity contribution is 5.85. The number of nitrogens with zero attached hydrogens (tertiary/aromatic N) is 1. The second-order valence-corrected chi connectivity index (χ2v) is 5.12. The van der Waals surface area contributed by atoms with Crippen LogP contribution in [0.3, 0.4) is 0 Å². The van der Waals surface area contributed by atoms with E-state index in [0.29, 0.717) is 17.7 Å². The highest BCUT2D eigenvalue weighted by Gasteiger charge is 2.67. The van der Waals surface area contributed by atoms with Crippen LogP contribution in [0.25, 0.3) is 0 Å². The minimum Gasteiger partial charge on any atom is -0.382 e. The summed E-state index contributed by atoms with van der Waals surface area (Å²) in [4.78, 5) is 12.3. The Balaban J connectivity index is 2.30. The van der Waals surface area contributed by atoms with Crippen LogP contribution < -0.4 is 0 Å². The molecule has 0 aromatic heterocycles. The Morgan fingerprint density at radius 1 is 1.14 bits per heavy atom. The normalized spacial score (nSPS) is 17.6. The highest BCUT2D eigenvalue weighted by Crippen LogP contribution is 2.45. The molecule has 0 spiro atoms. The third kappa shape index (κ3) is 2.67. The topological polar surface area (TPSA) is 40.5 Å². The van der Waals surface area contributed by atoms with Crippen LogP contribution in [-0.4, -0.2) is 40.8 Å². The van der Waals surface area contributed by atoms with Gasteiger partial charge in [0.05, 0.1) is 0 Å². The van der Waals surface area contributed by atoms with E-state index in [1.807, 2.05) is 0 Å². The van der Waals surface area contributed by atoms with E-state index < -0.39 is 35.2 Å². The number of aliphatic hydroxyl groups excluding tert-OH is 1. The predicted molar refractivity (Wildman–Crippen MR) is 67.1 cm³/mol. The van der Waals surface area contributed by atoms with Gasteiger partial charge >= 0.3 is 11.8 Å². The molecule has 1 heterocycles. The maximum Gasteiger partial charge on any atom is 0.389 e. The van der Waals surface area contributed by atoms with Crippen molar-refractivity contribution in [1.82, 2.24) is 4.90 Å². The zero-order valence-electron chi connectivity index (χ0n) is 11.4. The molecule has 2 rings (SSSR count). The second-order valence-electron chi connectivity index (χ2n) is 5.12. The largest absolute Gasteiger partial charge is 0.389 e. The first-order chi connectivity index (χ1) is 10.2. The molecule has 1 N–H and O–H groups in total. The molecule has 3 nitrogen and oxygen atoms in total. The van der Waals surface area contributed by atoms with Gasteiger partial charge in [-0.2, -0.15) is 17.6 Å². The van der Waals surface area contributed by atoms with Gasteiger partial charge in [0.1, 0.15) is 5.82 Å². The number of benzene rings is 1. The molecule has 8 heteroatoms. The van der Waals surface area contributed by atoms with Gasteiger partial charge in [-0.3, -0.25) is 4.79 Å². The van der Waals surface area contributed by atoms with E-state index >= 15 is 0 Å². The summed E-state index contributed by atoms with van der Waals surface area (Å²) in [5, 5.41) is 9.52. The Morgan fingerprint density at radius 3 is 2.23 bits per heavy atom. The fraction of sp³-hybridized carbons (Fsp3) is 0.500. The lowest BCUT2D eigenvalue weighted by atomic mass is 9.97. The van der Waals surface area contributed by atoms with E-state index in [1.165, 1.54) is 0 Å². The van der Waals surface area contributed by atoms with Crippen LogP contribution in [0.1, 0.15) is 24.5 Å². The SMILES string of the molecule is O=C(N1CCCC1)C(F)(F)C(F)(F)C(O)c1ccccc1F. The van der Waals surface area contributed by atoms with Gasteiger partial charge in [-0.15, -0.1) is 0 Å². The van der Waals surface area contributed by atoms with Crippen molar-refractivity contribution >= 4 is 5.91 Å². The van der Waals surface area contributed by atoms with Crippen molar-refractivity contribution in [3.05, 3.63) is 35.6 Å². The van der Waals surface area contributed by atoms with Crippen LogP contribution in [0.5, 0.6) is 0 Å². The van der Waals surface area contributed by atoms with Crippen molar-refractivity contribution in [3.8, 4) is 0 Å². The van der Waals surface area contributed by atoms with Crippen LogP contribution in [0, 0.1) is 5.82 Å². The molecule has 22 heavy (non-hydrogen) atoms. The molecule has 1 aliphatic heterocycles. The minimum absolute atomic E-state index is 0.0414. The summed E-state index contributed by atoms with van der Waals surface area (Å²) in [6.45, 7) is -0.0827. The summed E-state index contributed by atoms with van der Waals surface area (Å²) >= 11 is 0. The van der Waals surface area contributed by atoms with Crippen molar-refractivity contribution < 1.29 is 31.9 Å². The van der Waals surface area contributed by atoms with E-state index in [9.17, 15) is 31.9 Å². The van der Waals surface area contributed by atoms with Gasteiger partial charge in [-0.25, -0.2) is 4.39 Å². The molecular formula is C14H14F5NO2. The maximum absolute atomic E-state index is 14.0. The van der Waals surface area contributed by atoms with Gasteiger partial charge in [-0.1, -0.05) is 18.2 Å². The maximum atomic E-state index is 14.0. The number of carbonyl (C=O) groups excluding carboxylic acids is 1. The second kappa shape index (κ2) is 5.83. The number of alkyl halides is 4. The smallest absolute Gasteiger partial charge is 0.382 e. The quantitative estimate of drug-likeness (QED) is 0.866. The number of likely N-dealkylation sites (tertiary alicyclic amines) is 1. The van der Waals surface area contributed by atoms with Crippen LogP contribution in [-0.2, 0) is 4.79 Å². The van der Waals surface area contributed by atoms with Gasteiger partial charge in [0.25, 0.3) is 5.91 Å². The van der Waals surface area contributed by atoms with Gasteiger partial charge in [0.2, 0.25) is 0 Å². The molecular weight excluding hydrogens is 309 g/mol. The summed E-state index contributed by atoms with van der Waals surface area (Å²) < 4.78 is 69.1. The third-order valence-corrected chi connectivity index (χ3v) is 3.62. The molecule has 1 aromatic carbocycles. The van der Waals surface area contributed by atoms with E-state index in [2.05, 4.69) is 0 Å². The van der Waals surface area contributed by atoms with Crippen LogP contribution in [0.4, 0.5) is 22.0 Å². The molecule has 122 valence electrons. The van der Waals surface area contributed by atoms with E-state index in [0.717, 1.165) is 24.3 Å².